The summed E-state index contributed by atoms with van der Waals surface area (Å²) in [5.41, 5.74) is 6.13. The summed E-state index contributed by atoms with van der Waals surface area (Å²) in [4.78, 5) is 4.50. The first-order valence-electron chi connectivity index (χ1n) is 8.94. The van der Waals surface area contributed by atoms with Crippen LogP contribution in [0.15, 0.2) is 59.0 Å². The Morgan fingerprint density at radius 3 is 2.85 bits per heavy atom. The molecular weight excluding hydrogens is 361 g/mol. The van der Waals surface area contributed by atoms with Gasteiger partial charge < -0.3 is 4.74 Å². The number of thiazole rings is 1. The number of nitrogens with one attached hydrogen (secondary N) is 1. The second-order valence-electron chi connectivity index (χ2n) is 6.58. The normalized spacial score (nSPS) is 14.0. The van der Waals surface area contributed by atoms with E-state index in [9.17, 15) is 4.39 Å². The Morgan fingerprint density at radius 2 is 2.07 bits per heavy atom. The minimum atomic E-state index is -0.268. The number of benzene rings is 2. The number of aromatic nitrogens is 1. The van der Waals surface area contributed by atoms with Gasteiger partial charge >= 0.3 is 0 Å². The molecule has 1 aliphatic carbocycles. The van der Waals surface area contributed by atoms with Crippen LogP contribution in [0.3, 0.4) is 0 Å². The van der Waals surface area contributed by atoms with Crippen LogP contribution in [0.1, 0.15) is 24.0 Å². The van der Waals surface area contributed by atoms with Crippen LogP contribution in [-0.4, -0.2) is 17.8 Å². The minimum Gasteiger partial charge on any atom is -0.376 e. The van der Waals surface area contributed by atoms with Crippen LogP contribution in [0, 0.1) is 11.7 Å². The lowest BCUT2D eigenvalue weighted by atomic mass is 10.1. The van der Waals surface area contributed by atoms with Crippen LogP contribution in [0.5, 0.6) is 0 Å². The molecule has 0 spiro atoms. The van der Waals surface area contributed by atoms with Crippen molar-refractivity contribution in [2.45, 2.75) is 19.4 Å². The zero-order chi connectivity index (χ0) is 18.5. The largest absolute Gasteiger partial charge is 0.376 e. The van der Waals surface area contributed by atoms with Gasteiger partial charge in [-0.2, -0.15) is 5.10 Å². The predicted octanol–water partition coefficient (Wildman–Crippen LogP) is 5.32. The molecule has 0 unspecified atom stereocenters. The van der Waals surface area contributed by atoms with Crippen molar-refractivity contribution in [3.63, 3.8) is 0 Å². The average molecular weight is 381 g/mol. The molecule has 0 saturated heterocycles. The van der Waals surface area contributed by atoms with Crippen LogP contribution in [0.25, 0.3) is 11.3 Å². The summed E-state index contributed by atoms with van der Waals surface area (Å²) in [7, 11) is 0. The summed E-state index contributed by atoms with van der Waals surface area (Å²) in [6, 6.07) is 15.0. The molecule has 6 heteroatoms. The van der Waals surface area contributed by atoms with Crippen molar-refractivity contribution in [1.29, 1.82) is 0 Å². The zero-order valence-electron chi connectivity index (χ0n) is 14.8. The number of hydrogen-bond acceptors (Lipinski definition) is 5. The van der Waals surface area contributed by atoms with Crippen molar-refractivity contribution < 1.29 is 9.13 Å². The maximum absolute atomic E-state index is 14.2. The third-order valence-electron chi connectivity index (χ3n) is 4.33. The van der Waals surface area contributed by atoms with E-state index >= 15 is 0 Å². The Morgan fingerprint density at radius 1 is 1.22 bits per heavy atom. The van der Waals surface area contributed by atoms with Gasteiger partial charge in [-0.25, -0.2) is 9.37 Å². The number of halogens is 1. The van der Waals surface area contributed by atoms with Gasteiger partial charge in [0.15, 0.2) is 0 Å². The van der Waals surface area contributed by atoms with Gasteiger partial charge in [0.2, 0.25) is 5.13 Å². The molecule has 1 heterocycles. The predicted molar refractivity (Wildman–Crippen MR) is 108 cm³/mol. The first kappa shape index (κ1) is 17.8. The Hall–Kier alpha value is -2.57. The summed E-state index contributed by atoms with van der Waals surface area (Å²) in [6.07, 6.45) is 4.05. The van der Waals surface area contributed by atoms with E-state index in [2.05, 4.69) is 15.5 Å². The first-order valence-corrected chi connectivity index (χ1v) is 9.82. The Kier molecular flexibility index (Phi) is 5.55. The fraction of sp³-hybridized carbons (Fsp3) is 0.238. The number of nitrogens with zero attached hydrogens (tertiary/aromatic N) is 2. The highest BCUT2D eigenvalue weighted by molar-refractivity contribution is 7.14. The topological polar surface area (TPSA) is 46.5 Å². The lowest BCUT2D eigenvalue weighted by Gasteiger charge is -2.05. The van der Waals surface area contributed by atoms with E-state index in [1.165, 1.54) is 30.2 Å². The van der Waals surface area contributed by atoms with Gasteiger partial charge in [0.1, 0.15) is 5.82 Å². The van der Waals surface area contributed by atoms with E-state index in [0.717, 1.165) is 17.9 Å². The van der Waals surface area contributed by atoms with E-state index in [-0.39, 0.29) is 5.82 Å². The highest BCUT2D eigenvalue weighted by atomic mass is 32.1. The smallest absolute Gasteiger partial charge is 0.203 e. The van der Waals surface area contributed by atoms with Gasteiger partial charge in [0, 0.05) is 23.1 Å². The van der Waals surface area contributed by atoms with Crippen molar-refractivity contribution in [2.75, 3.05) is 12.0 Å². The van der Waals surface area contributed by atoms with E-state index in [0.29, 0.717) is 28.8 Å². The fourth-order valence-corrected chi connectivity index (χ4v) is 3.28. The highest BCUT2D eigenvalue weighted by Gasteiger charge is 2.21. The number of hydrogen-bond donors (Lipinski definition) is 1. The molecule has 1 aromatic heterocycles. The van der Waals surface area contributed by atoms with E-state index in [4.69, 9.17) is 4.74 Å². The second kappa shape index (κ2) is 8.41. The number of rotatable bonds is 8. The average Bonchev–Trinajstić information content (AvgIpc) is 3.39. The Bertz CT molecular complexity index is 922. The maximum Gasteiger partial charge on any atom is 0.203 e. The summed E-state index contributed by atoms with van der Waals surface area (Å²) < 4.78 is 19.7. The molecule has 1 aliphatic rings. The molecule has 1 fully saturated rings. The molecule has 4 nitrogen and oxygen atoms in total. The van der Waals surface area contributed by atoms with Crippen molar-refractivity contribution in [3.8, 4) is 11.3 Å². The summed E-state index contributed by atoms with van der Waals surface area (Å²) in [5.74, 6) is 0.411. The molecular formula is C21H20FN3OS. The Balaban J connectivity index is 1.32. The third-order valence-corrected chi connectivity index (χ3v) is 5.08. The van der Waals surface area contributed by atoms with Gasteiger partial charge in [-0.05, 0) is 30.4 Å². The number of ether oxygens (including phenoxy) is 1. The van der Waals surface area contributed by atoms with E-state index in [1.807, 2.05) is 41.8 Å². The summed E-state index contributed by atoms with van der Waals surface area (Å²) >= 11 is 1.47. The van der Waals surface area contributed by atoms with Crippen LogP contribution in [0.4, 0.5) is 9.52 Å². The molecule has 27 heavy (non-hydrogen) atoms. The quantitative estimate of drug-likeness (QED) is 0.424. The minimum absolute atomic E-state index is 0.268. The van der Waals surface area contributed by atoms with Crippen molar-refractivity contribution >= 4 is 22.7 Å². The molecule has 0 atom stereocenters. The third kappa shape index (κ3) is 4.99. The summed E-state index contributed by atoms with van der Waals surface area (Å²) in [6.45, 7) is 1.05. The van der Waals surface area contributed by atoms with Crippen LogP contribution in [0.2, 0.25) is 0 Å². The Labute approximate surface area is 161 Å². The van der Waals surface area contributed by atoms with Gasteiger partial charge in [0.05, 0.1) is 18.5 Å². The molecule has 1 saturated carbocycles. The number of hydrazone groups is 1. The molecule has 0 radical (unpaired) electrons. The summed E-state index contributed by atoms with van der Waals surface area (Å²) in [5, 5.41) is 6.82. The maximum atomic E-state index is 14.2. The van der Waals surface area contributed by atoms with Crippen LogP contribution >= 0.6 is 11.3 Å². The molecule has 2 aromatic carbocycles. The van der Waals surface area contributed by atoms with E-state index < -0.39 is 0 Å². The molecule has 4 rings (SSSR count). The zero-order valence-corrected chi connectivity index (χ0v) is 15.6. The van der Waals surface area contributed by atoms with Crippen molar-refractivity contribution in [1.82, 2.24) is 4.98 Å². The van der Waals surface area contributed by atoms with Crippen LogP contribution in [-0.2, 0) is 11.3 Å². The molecule has 3 aromatic rings. The monoisotopic (exact) mass is 381 g/mol. The molecule has 138 valence electrons. The van der Waals surface area contributed by atoms with E-state index in [1.54, 1.807) is 12.3 Å². The molecule has 0 bridgehead atoms. The lowest BCUT2D eigenvalue weighted by Crippen LogP contribution is -2.00. The lowest BCUT2D eigenvalue weighted by molar-refractivity contribution is 0.109. The van der Waals surface area contributed by atoms with Crippen molar-refractivity contribution in [3.05, 3.63) is 70.9 Å². The van der Waals surface area contributed by atoms with Gasteiger partial charge in [-0.1, -0.05) is 42.5 Å². The van der Waals surface area contributed by atoms with Crippen LogP contribution < -0.4 is 5.43 Å². The second-order valence-corrected chi connectivity index (χ2v) is 7.44. The SMILES string of the molecule is Fc1cc(C=NNc2nc(-c3ccccc3)cs2)ccc1COCC1CC1. The van der Waals surface area contributed by atoms with Gasteiger partial charge in [0.25, 0.3) is 0 Å². The van der Waals surface area contributed by atoms with Gasteiger partial charge in [-0.3, -0.25) is 5.43 Å². The fourth-order valence-electron chi connectivity index (χ4n) is 2.61. The molecule has 1 N–H and O–H groups in total. The van der Waals surface area contributed by atoms with Gasteiger partial charge in [-0.15, -0.1) is 11.3 Å². The molecule has 0 amide bonds. The first-order chi connectivity index (χ1) is 13.3. The molecule has 0 aliphatic heterocycles. The van der Waals surface area contributed by atoms with Crippen molar-refractivity contribution in [2.24, 2.45) is 11.0 Å². The number of anilines is 1. The standard InChI is InChI=1S/C21H20FN3OS/c22-19-10-16(8-9-18(19)13-26-12-15-6-7-15)11-23-25-21-24-20(14-27-21)17-4-2-1-3-5-17/h1-5,8-11,14-15H,6-7,12-13H2,(H,24,25). The highest BCUT2D eigenvalue weighted by Crippen LogP contribution is 2.29.